The molecule has 0 saturated carbocycles. The van der Waals surface area contributed by atoms with E-state index >= 15 is 0 Å². The van der Waals surface area contributed by atoms with Crippen molar-refractivity contribution in [1.82, 2.24) is 0 Å². The van der Waals surface area contributed by atoms with Crippen molar-refractivity contribution in [3.05, 3.63) is 95.9 Å². The van der Waals surface area contributed by atoms with Crippen molar-refractivity contribution < 1.29 is 114 Å². The van der Waals surface area contributed by atoms with E-state index in [1.807, 2.05) is 0 Å². The minimum absolute atomic E-state index is 0.0111. The Morgan fingerprint density at radius 2 is 0.852 bits per heavy atom. The first-order valence-corrected chi connectivity index (χ1v) is 27.5. The lowest BCUT2D eigenvalue weighted by Crippen LogP contribution is -2.42. The van der Waals surface area contributed by atoms with Gasteiger partial charge in [-0.05, 0) is 47.5 Å². The molecular formula is C57H57Cl4N3O24. The highest BCUT2D eigenvalue weighted by molar-refractivity contribution is 6.39. The van der Waals surface area contributed by atoms with Gasteiger partial charge in [0.05, 0.1) is 37.0 Å². The van der Waals surface area contributed by atoms with Crippen LogP contribution in [0.25, 0.3) is 0 Å². The second-order valence-electron chi connectivity index (χ2n) is 19.6. The molecule has 31 heteroatoms. The Labute approximate surface area is 521 Å². The van der Waals surface area contributed by atoms with E-state index in [0.29, 0.717) is 5.69 Å². The van der Waals surface area contributed by atoms with Gasteiger partial charge in [-0.3, -0.25) is 47.9 Å². The minimum Gasteiger partial charge on any atom is -0.488 e. The van der Waals surface area contributed by atoms with E-state index in [9.17, 15) is 52.7 Å². The number of ether oxygens (including phenoxy) is 13. The maximum Gasteiger partial charge on any atom is 0.340 e. The average molecular weight is 1310 g/mol. The smallest absolute Gasteiger partial charge is 0.340 e. The summed E-state index contributed by atoms with van der Waals surface area (Å²) in [7, 11) is 3.43. The van der Waals surface area contributed by atoms with Gasteiger partial charge in [0, 0.05) is 89.5 Å². The van der Waals surface area contributed by atoms with Gasteiger partial charge in [-0.2, -0.15) is 0 Å². The van der Waals surface area contributed by atoms with Crippen molar-refractivity contribution in [1.29, 1.82) is 0 Å². The fourth-order valence-electron chi connectivity index (χ4n) is 9.20. The molecule has 88 heavy (non-hydrogen) atoms. The summed E-state index contributed by atoms with van der Waals surface area (Å²) in [6.45, 7) is 2.64. The molecule has 6 rings (SSSR count). The second-order valence-corrected chi connectivity index (χ2v) is 21.2. The van der Waals surface area contributed by atoms with E-state index in [1.165, 1.54) is 35.2 Å². The maximum atomic E-state index is 14.9. The van der Waals surface area contributed by atoms with Crippen LogP contribution in [0.15, 0.2) is 42.5 Å². The van der Waals surface area contributed by atoms with Gasteiger partial charge in [0.25, 0.3) is 0 Å². The van der Waals surface area contributed by atoms with E-state index in [0.717, 1.165) is 46.4 Å². The predicted molar refractivity (Wildman–Crippen MR) is 306 cm³/mol. The molecule has 1 aliphatic carbocycles. The first-order chi connectivity index (χ1) is 41.4. The molecule has 1 spiro atoms. The van der Waals surface area contributed by atoms with Crippen LogP contribution in [0, 0.1) is 0 Å². The van der Waals surface area contributed by atoms with Crippen LogP contribution in [0.1, 0.15) is 93.6 Å². The number of hydrogen-bond acceptors (Lipinski definition) is 27. The third-order valence-corrected chi connectivity index (χ3v) is 14.0. The van der Waals surface area contributed by atoms with Gasteiger partial charge < -0.3 is 76.3 Å². The SMILES string of the molecule is CC(=O)OCOC(=O)CN(CC(=O)OCOC(C)=O)c1ccc(N(C)C)cc1OCCOc1cc2c(cc1N(CC(=O)OCOC(C)=O)CC(=O)OCOC(C)=O)C(=O)OC21c2cc(Cl)c(OC(C)=O)c(Cl)c2C(C)(C)c2c1cc(Cl)c(OC(C)=O)c2Cl. The Morgan fingerprint density at radius 1 is 0.477 bits per heavy atom. The molecule has 0 unspecified atom stereocenters. The van der Waals surface area contributed by atoms with Gasteiger partial charge in [0.1, 0.15) is 50.9 Å². The van der Waals surface area contributed by atoms with Gasteiger partial charge in [-0.15, -0.1) is 0 Å². The summed E-state index contributed by atoms with van der Waals surface area (Å²) in [4.78, 5) is 144. The molecule has 0 amide bonds. The summed E-state index contributed by atoms with van der Waals surface area (Å²) in [5.41, 5.74) is -3.12. The molecule has 0 aromatic heterocycles. The summed E-state index contributed by atoms with van der Waals surface area (Å²) in [5.74, 6) is -10.8. The number of fused-ring (bicyclic) bond motifs is 6. The first kappa shape index (κ1) is 68.3. The van der Waals surface area contributed by atoms with E-state index in [-0.39, 0.29) is 87.8 Å². The molecule has 472 valence electrons. The molecule has 0 atom stereocenters. The summed E-state index contributed by atoms with van der Waals surface area (Å²) in [6, 6.07) is 9.88. The van der Waals surface area contributed by atoms with E-state index in [2.05, 4.69) is 0 Å². The Hall–Kier alpha value is -8.79. The van der Waals surface area contributed by atoms with Crippen molar-refractivity contribution in [2.45, 2.75) is 66.4 Å². The Balaban J connectivity index is 1.57. The maximum absolute atomic E-state index is 14.9. The van der Waals surface area contributed by atoms with E-state index in [1.54, 1.807) is 45.0 Å². The van der Waals surface area contributed by atoms with Gasteiger partial charge in [0.15, 0.2) is 17.1 Å². The Kier molecular flexibility index (Phi) is 22.7. The van der Waals surface area contributed by atoms with Gasteiger partial charge in [-0.25, -0.2) is 4.79 Å². The van der Waals surface area contributed by atoms with Gasteiger partial charge in [0.2, 0.25) is 27.2 Å². The third-order valence-electron chi connectivity index (χ3n) is 12.7. The monoisotopic (exact) mass is 1310 g/mol. The van der Waals surface area contributed by atoms with Crippen LogP contribution in [0.4, 0.5) is 17.1 Å². The lowest BCUT2D eigenvalue weighted by atomic mass is 9.61. The Bertz CT molecular complexity index is 3330. The van der Waals surface area contributed by atoms with Crippen LogP contribution in [0.2, 0.25) is 20.1 Å². The summed E-state index contributed by atoms with van der Waals surface area (Å²) in [6.07, 6.45) is 0. The van der Waals surface area contributed by atoms with E-state index in [4.69, 9.17) is 108 Å². The normalized spacial score (nSPS) is 12.7. The largest absolute Gasteiger partial charge is 0.488 e. The highest BCUT2D eigenvalue weighted by atomic mass is 35.5. The molecule has 0 radical (unpaired) electrons. The zero-order valence-corrected chi connectivity index (χ0v) is 51.8. The van der Waals surface area contributed by atoms with Crippen LogP contribution < -0.4 is 33.6 Å². The molecule has 27 nitrogen and oxygen atoms in total. The second kappa shape index (κ2) is 29.3. The Morgan fingerprint density at radius 3 is 1.22 bits per heavy atom. The summed E-state index contributed by atoms with van der Waals surface area (Å²) >= 11 is 28.3. The third kappa shape index (κ3) is 16.2. The molecular weight excluding hydrogens is 1250 g/mol. The van der Waals surface area contributed by atoms with E-state index < -0.39 is 143 Å². The number of benzene rings is 4. The summed E-state index contributed by atoms with van der Waals surface area (Å²) < 4.78 is 70.0. The fraction of sp³-hybridized carbons (Fsp3) is 0.386. The molecule has 4 aromatic carbocycles. The molecule has 0 bridgehead atoms. The molecule has 0 N–H and O–H groups in total. The molecule has 2 aliphatic rings. The number of anilines is 3. The topological polar surface area (TPSA) is 317 Å². The summed E-state index contributed by atoms with van der Waals surface area (Å²) in [5, 5.41) is -0.939. The minimum atomic E-state index is -2.22. The number of esters is 11. The number of rotatable bonds is 26. The molecule has 0 saturated heterocycles. The van der Waals surface area contributed by atoms with Gasteiger partial charge in [-0.1, -0.05) is 60.3 Å². The van der Waals surface area contributed by atoms with Crippen molar-refractivity contribution in [2.75, 3.05) is 95.4 Å². The average Bonchev–Trinajstić information content (AvgIpc) is 1.23. The van der Waals surface area contributed by atoms with Crippen molar-refractivity contribution >= 4 is 129 Å². The molecule has 1 aliphatic heterocycles. The number of nitrogens with zero attached hydrogens (tertiary/aromatic N) is 3. The van der Waals surface area contributed by atoms with Crippen LogP contribution in [0.5, 0.6) is 23.0 Å². The molecule has 1 heterocycles. The quantitative estimate of drug-likeness (QED) is 0.0209. The number of halogens is 4. The van der Waals surface area contributed by atoms with Crippen molar-refractivity contribution in [3.63, 3.8) is 0 Å². The zero-order valence-electron chi connectivity index (χ0n) is 48.8. The highest BCUT2D eigenvalue weighted by Gasteiger charge is 2.58. The standard InChI is InChI=1S/C57H57Cl4N3O24/c1-28(65)78-24-82-45(71)20-63(21-46(72)83-25-79-29(2)66)41-12-11-34(62(9)10)15-43(41)76-13-14-77-44-19-36-35(16-42(44)64(22-47(73)84-26-80-30(3)67)23-48(74)85-27-81-31(4)68)55(75)88-57(36)37-17-39(58)53(86-32(5)69)51(60)49(37)56(7,8)50-38(57)18-40(59)54(52(50)61)87-33(6)70/h11-12,15-19H,13-14,20-27H2,1-10H3. The van der Waals surface area contributed by atoms with Crippen LogP contribution in [0.3, 0.4) is 0 Å². The lowest BCUT2D eigenvalue weighted by Gasteiger charge is -2.45. The van der Waals surface area contributed by atoms with Crippen LogP contribution in [-0.4, -0.2) is 146 Å². The number of hydrogen-bond donors (Lipinski definition) is 0. The lowest BCUT2D eigenvalue weighted by molar-refractivity contribution is -0.167. The van der Waals surface area contributed by atoms with Crippen LogP contribution in [-0.2, 0) is 102 Å². The van der Waals surface area contributed by atoms with Gasteiger partial charge >= 0.3 is 65.7 Å². The fourth-order valence-corrected chi connectivity index (χ4v) is 10.7. The molecule has 4 aromatic rings. The van der Waals surface area contributed by atoms with Crippen molar-refractivity contribution in [3.8, 4) is 23.0 Å². The number of carbonyl (C=O) groups is 11. The number of carbonyl (C=O) groups excluding carboxylic acids is 11. The molecule has 0 fully saturated rings. The first-order valence-electron chi connectivity index (χ1n) is 25.9. The zero-order chi connectivity index (χ0) is 65.1. The highest BCUT2D eigenvalue weighted by Crippen LogP contribution is 2.63. The van der Waals surface area contributed by atoms with Crippen LogP contribution >= 0.6 is 46.4 Å². The van der Waals surface area contributed by atoms with Crippen molar-refractivity contribution in [2.24, 2.45) is 0 Å². The predicted octanol–water partition coefficient (Wildman–Crippen LogP) is 6.64.